The Morgan fingerprint density at radius 3 is 2.15 bits per heavy atom. The second-order valence-electron chi connectivity index (χ2n) is 15.8. The van der Waals surface area contributed by atoms with Crippen molar-refractivity contribution < 1.29 is 38.2 Å². The van der Waals surface area contributed by atoms with Crippen molar-refractivity contribution in [3.05, 3.63) is 117 Å². The van der Waals surface area contributed by atoms with Crippen LogP contribution in [-0.2, 0) is 40.0 Å². The van der Waals surface area contributed by atoms with Gasteiger partial charge in [-0.05, 0) is 106 Å². The van der Waals surface area contributed by atoms with E-state index < -0.39 is 17.6 Å². The lowest BCUT2D eigenvalue weighted by Crippen LogP contribution is -2.41. The minimum absolute atomic E-state index is 0.195. The van der Waals surface area contributed by atoms with Crippen LogP contribution in [0.3, 0.4) is 0 Å². The molecule has 1 fully saturated rings. The molecule has 0 radical (unpaired) electrons. The Morgan fingerprint density at radius 2 is 1.49 bits per heavy atom. The second-order valence-corrected chi connectivity index (χ2v) is 16.9. The van der Waals surface area contributed by atoms with Gasteiger partial charge in [0.15, 0.2) is 0 Å². The number of methoxy groups -OCH3 is 1. The molecule has 0 aliphatic carbocycles. The predicted molar refractivity (Wildman–Crippen MR) is 227 cm³/mol. The molecule has 3 aromatic carbocycles. The van der Waals surface area contributed by atoms with Crippen LogP contribution in [0.2, 0.25) is 0 Å². The smallest absolute Gasteiger partial charge is 0.410 e. The number of aryl methyl sites for hydroxylation is 2. The quantitative estimate of drug-likeness (QED) is 0.137. The van der Waals surface area contributed by atoms with E-state index in [1.165, 1.54) is 18.4 Å². The van der Waals surface area contributed by atoms with Gasteiger partial charge in [0, 0.05) is 61.5 Å². The van der Waals surface area contributed by atoms with Crippen LogP contribution in [0.25, 0.3) is 0 Å². The summed E-state index contributed by atoms with van der Waals surface area (Å²) in [6.45, 7) is 10.3. The maximum Gasteiger partial charge on any atom is 0.410 e. The van der Waals surface area contributed by atoms with Gasteiger partial charge >= 0.3 is 12.1 Å². The summed E-state index contributed by atoms with van der Waals surface area (Å²) in [5.41, 5.74) is 4.47. The van der Waals surface area contributed by atoms with Crippen molar-refractivity contribution in [1.29, 1.82) is 0 Å². The number of fused-ring (bicyclic) bond motifs is 1. The van der Waals surface area contributed by atoms with Crippen LogP contribution in [-0.4, -0.2) is 110 Å². The van der Waals surface area contributed by atoms with E-state index in [-0.39, 0.29) is 29.9 Å². The molecule has 14 heteroatoms. The number of hydrogen-bond donors (Lipinski definition) is 2. The summed E-state index contributed by atoms with van der Waals surface area (Å²) in [4.78, 5) is 72.4. The molecule has 13 nitrogen and oxygen atoms in total. The van der Waals surface area contributed by atoms with Crippen molar-refractivity contribution in [1.82, 2.24) is 14.7 Å². The zero-order valence-corrected chi connectivity index (χ0v) is 35.2. The molecule has 0 atom stereocenters. The molecular weight excluding hydrogens is 771 g/mol. The SMILES string of the molecule is COC(=O)c1ccc(CCCc2ccc(NC(=O)c3c(NC(=O)c4cccc(C(=O)N(C)CCN5CCOCC5)c4)sc4c3CCN(C(=O)OC(C)(C)C)C4)cc2)cc1. The number of esters is 1. The van der Waals surface area contributed by atoms with Crippen LogP contribution < -0.4 is 10.6 Å². The van der Waals surface area contributed by atoms with Crippen molar-refractivity contribution >= 4 is 51.8 Å². The summed E-state index contributed by atoms with van der Waals surface area (Å²) in [6.07, 6.45) is 2.52. The first-order chi connectivity index (χ1) is 28.3. The number of ether oxygens (including phenoxy) is 3. The number of amides is 4. The number of morpholine rings is 1. The van der Waals surface area contributed by atoms with E-state index in [4.69, 9.17) is 14.2 Å². The van der Waals surface area contributed by atoms with Gasteiger partial charge in [0.25, 0.3) is 17.7 Å². The third-order valence-electron chi connectivity index (χ3n) is 10.3. The number of thiophene rings is 1. The number of carbonyl (C=O) groups is 5. The molecule has 4 amide bonds. The van der Waals surface area contributed by atoms with Gasteiger partial charge in [0.05, 0.1) is 38.0 Å². The van der Waals surface area contributed by atoms with Gasteiger partial charge in [-0.1, -0.05) is 30.3 Å². The molecule has 0 spiro atoms. The number of benzene rings is 3. The number of nitrogens with one attached hydrogen (secondary N) is 2. The van der Waals surface area contributed by atoms with Crippen LogP contribution in [0.15, 0.2) is 72.8 Å². The summed E-state index contributed by atoms with van der Waals surface area (Å²) in [5, 5.41) is 6.36. The highest BCUT2D eigenvalue weighted by molar-refractivity contribution is 7.17. The highest BCUT2D eigenvalue weighted by Crippen LogP contribution is 2.38. The summed E-state index contributed by atoms with van der Waals surface area (Å²) in [7, 11) is 3.12. The molecule has 2 aliphatic heterocycles. The third kappa shape index (κ3) is 11.6. The molecule has 1 saturated heterocycles. The lowest BCUT2D eigenvalue weighted by atomic mass is 10.0. The van der Waals surface area contributed by atoms with E-state index in [9.17, 15) is 24.0 Å². The highest BCUT2D eigenvalue weighted by Gasteiger charge is 2.32. The number of rotatable bonds is 13. The predicted octanol–water partition coefficient (Wildman–Crippen LogP) is 6.91. The van der Waals surface area contributed by atoms with Crippen molar-refractivity contribution in [2.75, 3.05) is 70.7 Å². The van der Waals surface area contributed by atoms with Crippen molar-refractivity contribution in [2.45, 2.75) is 58.6 Å². The lowest BCUT2D eigenvalue weighted by Gasteiger charge is -2.30. The number of likely N-dealkylation sites (N-methyl/N-ethyl adjacent to an activating group) is 1. The van der Waals surface area contributed by atoms with E-state index >= 15 is 0 Å². The maximum absolute atomic E-state index is 14.1. The fourth-order valence-electron chi connectivity index (χ4n) is 6.99. The molecule has 0 bridgehead atoms. The van der Waals surface area contributed by atoms with Gasteiger partial charge in [-0.3, -0.25) is 19.3 Å². The normalized spacial score (nSPS) is 14.2. The minimum atomic E-state index is -0.667. The van der Waals surface area contributed by atoms with Gasteiger partial charge in [-0.25, -0.2) is 9.59 Å². The molecule has 2 aliphatic rings. The average Bonchev–Trinajstić information content (AvgIpc) is 3.60. The Bertz CT molecular complexity index is 2140. The molecule has 3 heterocycles. The Kier molecular flexibility index (Phi) is 14.2. The minimum Gasteiger partial charge on any atom is -0.465 e. The molecule has 0 unspecified atom stereocenters. The van der Waals surface area contributed by atoms with Crippen molar-refractivity contribution in [2.24, 2.45) is 0 Å². The number of carbonyl (C=O) groups excluding carboxylic acids is 5. The van der Waals surface area contributed by atoms with Crippen LogP contribution in [0.4, 0.5) is 15.5 Å². The molecular formula is C45H53N5O8S. The van der Waals surface area contributed by atoms with Gasteiger partial charge < -0.3 is 34.6 Å². The van der Waals surface area contributed by atoms with Crippen molar-refractivity contribution in [3.63, 3.8) is 0 Å². The van der Waals surface area contributed by atoms with E-state index in [2.05, 4.69) is 15.5 Å². The number of hydrogen-bond acceptors (Lipinski definition) is 10. The van der Waals surface area contributed by atoms with Crippen LogP contribution in [0.5, 0.6) is 0 Å². The van der Waals surface area contributed by atoms with Crippen LogP contribution in [0.1, 0.15) is 90.2 Å². The fourth-order valence-corrected chi connectivity index (χ4v) is 8.25. The molecule has 0 saturated carbocycles. The summed E-state index contributed by atoms with van der Waals surface area (Å²) >= 11 is 1.26. The lowest BCUT2D eigenvalue weighted by molar-refractivity contribution is 0.0226. The molecule has 2 N–H and O–H groups in total. The van der Waals surface area contributed by atoms with Gasteiger partial charge in [-0.15, -0.1) is 11.3 Å². The monoisotopic (exact) mass is 823 g/mol. The number of nitrogens with zero attached hydrogens (tertiary/aromatic N) is 3. The van der Waals surface area contributed by atoms with E-state index in [1.807, 2.05) is 57.2 Å². The fraction of sp³-hybridized carbons (Fsp3) is 0.400. The molecule has 59 heavy (non-hydrogen) atoms. The Morgan fingerprint density at radius 1 is 0.831 bits per heavy atom. The van der Waals surface area contributed by atoms with E-state index in [1.54, 1.807) is 53.2 Å². The first-order valence-corrected chi connectivity index (χ1v) is 20.8. The van der Waals surface area contributed by atoms with Gasteiger partial charge in [0.2, 0.25) is 0 Å². The van der Waals surface area contributed by atoms with Gasteiger partial charge in [0.1, 0.15) is 10.6 Å². The summed E-state index contributed by atoms with van der Waals surface area (Å²) in [6, 6.07) is 21.7. The molecule has 6 rings (SSSR count). The van der Waals surface area contributed by atoms with Gasteiger partial charge in [-0.2, -0.15) is 0 Å². The summed E-state index contributed by atoms with van der Waals surface area (Å²) < 4.78 is 15.8. The topological polar surface area (TPSA) is 147 Å². The molecule has 1 aromatic heterocycles. The Hall–Kier alpha value is -5.57. The van der Waals surface area contributed by atoms with E-state index in [0.29, 0.717) is 60.1 Å². The highest BCUT2D eigenvalue weighted by atomic mass is 32.1. The van der Waals surface area contributed by atoms with Crippen LogP contribution in [0, 0.1) is 0 Å². The molecule has 4 aromatic rings. The second kappa shape index (κ2) is 19.5. The zero-order chi connectivity index (χ0) is 42.1. The third-order valence-corrected chi connectivity index (χ3v) is 11.4. The van der Waals surface area contributed by atoms with E-state index in [0.717, 1.165) is 60.5 Å². The Labute approximate surface area is 349 Å². The summed E-state index contributed by atoms with van der Waals surface area (Å²) in [5.74, 6) is -1.39. The zero-order valence-electron chi connectivity index (χ0n) is 34.4. The largest absolute Gasteiger partial charge is 0.465 e. The Balaban J connectivity index is 1.14. The average molecular weight is 824 g/mol. The first-order valence-electron chi connectivity index (χ1n) is 19.9. The standard InChI is InChI=1S/C45H53N5O8S/c1-45(2,3)58-44(55)50-21-20-36-37(29-50)59-41(47-39(51)33-10-7-11-34(28-33)42(53)48(4)22-23-49-24-26-57-27-25-49)38(36)40(52)46-35-18-14-31(15-19-35)9-6-8-30-12-16-32(17-13-30)43(54)56-5/h7,10-19,28H,6,8-9,20-27,29H2,1-5H3,(H,46,52)(H,47,51). The maximum atomic E-state index is 14.1. The first kappa shape index (κ1) is 43.0. The number of anilines is 2. The van der Waals surface area contributed by atoms with Crippen molar-refractivity contribution in [3.8, 4) is 0 Å². The van der Waals surface area contributed by atoms with Crippen LogP contribution >= 0.6 is 11.3 Å². The molecule has 312 valence electrons.